The van der Waals surface area contributed by atoms with Gasteiger partial charge in [0.05, 0.1) is 54.0 Å². The van der Waals surface area contributed by atoms with E-state index in [4.69, 9.17) is 37.9 Å². The van der Waals surface area contributed by atoms with Gasteiger partial charge in [0.2, 0.25) is 0 Å². The second-order valence-electron chi connectivity index (χ2n) is 20.7. The van der Waals surface area contributed by atoms with Crippen LogP contribution in [0.5, 0.6) is 5.75 Å². The molecule has 2 saturated carbocycles. The molecule has 11 atom stereocenters. The number of rotatable bonds is 25. The van der Waals surface area contributed by atoms with E-state index in [-0.39, 0.29) is 93.3 Å². The fourth-order valence-corrected chi connectivity index (χ4v) is 10.6. The first-order chi connectivity index (χ1) is 33.9. The smallest absolute Gasteiger partial charge is 0.318 e. The van der Waals surface area contributed by atoms with Crippen LogP contribution < -0.4 is 4.74 Å². The van der Waals surface area contributed by atoms with Crippen LogP contribution in [0.2, 0.25) is 0 Å². The zero-order chi connectivity index (χ0) is 53.7. The fourth-order valence-electron chi connectivity index (χ4n) is 10.6. The molecule has 4 fully saturated rings. The molecule has 1 aromatic carbocycles. The second kappa shape index (κ2) is 25.6. The van der Waals surface area contributed by atoms with E-state index in [1.807, 2.05) is 19.9 Å². The minimum Gasteiger partial charge on any atom is -0.490 e. The molecule has 11 unspecified atom stereocenters. The van der Waals surface area contributed by atoms with Crippen molar-refractivity contribution in [2.24, 2.45) is 63.6 Å². The lowest BCUT2D eigenvalue weighted by Crippen LogP contribution is -2.46. The van der Waals surface area contributed by atoms with Gasteiger partial charge in [-0.05, 0) is 95.1 Å². The van der Waals surface area contributed by atoms with Gasteiger partial charge in [0.1, 0.15) is 50.5 Å². The molecule has 5 rings (SSSR count). The lowest BCUT2D eigenvalue weighted by Gasteiger charge is -2.39. The number of cyclic esters (lactones) is 4. The molecule has 0 amide bonds. The molecule has 2 aliphatic heterocycles. The van der Waals surface area contributed by atoms with E-state index < -0.39 is 95.1 Å². The van der Waals surface area contributed by atoms with Gasteiger partial charge in [-0.15, -0.1) is 0 Å². The quantitative estimate of drug-likeness (QED) is 0.0313. The zero-order valence-electron chi connectivity index (χ0n) is 43.5. The number of ketones is 1. The summed E-state index contributed by atoms with van der Waals surface area (Å²) in [5.74, 6) is -11.6. The SMILES string of the molecule is C=C(C)CC(=O)OCC(C)CC1C(=O)OC(=O)C1C(CC)C(=O)OC1CC2CCC1(C)C2(C)C.CCC(C(=O)OCCOc1ccccc1)C1C(=O)OC(=O)C1C(C)(CC)C(=O)OCCOC(=O)CC(C)=O. The minimum atomic E-state index is -1.51. The van der Waals surface area contributed by atoms with E-state index in [0.717, 1.165) is 19.3 Å². The molecule has 18 heteroatoms. The third-order valence-electron chi connectivity index (χ3n) is 15.5. The number of ether oxygens (including phenoxy) is 8. The van der Waals surface area contributed by atoms with E-state index in [9.17, 15) is 47.9 Å². The van der Waals surface area contributed by atoms with Crippen LogP contribution >= 0.6 is 0 Å². The summed E-state index contributed by atoms with van der Waals surface area (Å²) in [5, 5.41) is 0. The molecule has 0 aromatic heterocycles. The highest BCUT2D eigenvalue weighted by Gasteiger charge is 2.64. The molecular weight excluding hydrogens is 937 g/mol. The van der Waals surface area contributed by atoms with Crippen LogP contribution in [0.3, 0.4) is 0 Å². The van der Waals surface area contributed by atoms with Gasteiger partial charge in [0.15, 0.2) is 0 Å². The molecule has 0 spiro atoms. The summed E-state index contributed by atoms with van der Waals surface area (Å²) in [4.78, 5) is 124. The third kappa shape index (κ3) is 14.0. The Kier molecular flexibility index (Phi) is 20.9. The molecule has 72 heavy (non-hydrogen) atoms. The van der Waals surface area contributed by atoms with Gasteiger partial charge < -0.3 is 37.9 Å². The number of carbonyl (C=O) groups excluding carboxylic acids is 10. The summed E-state index contributed by atoms with van der Waals surface area (Å²) in [6.45, 7) is 21.3. The Bertz CT molecular complexity index is 2180. The summed E-state index contributed by atoms with van der Waals surface area (Å²) in [5.41, 5.74) is -0.790. The first kappa shape index (κ1) is 58.6. The molecule has 0 radical (unpaired) electrons. The lowest BCUT2D eigenvalue weighted by molar-refractivity contribution is -0.169. The molecule has 4 aliphatic rings. The molecule has 2 aliphatic carbocycles. The van der Waals surface area contributed by atoms with E-state index in [2.05, 4.69) is 27.4 Å². The molecule has 2 saturated heterocycles. The number of fused-ring (bicyclic) bond motifs is 2. The normalized spacial score (nSPS) is 25.8. The Morgan fingerprint density at radius 2 is 1.33 bits per heavy atom. The maximum Gasteiger partial charge on any atom is 0.318 e. The van der Waals surface area contributed by atoms with Crippen molar-refractivity contribution in [3.05, 3.63) is 42.5 Å². The van der Waals surface area contributed by atoms with Crippen molar-refractivity contribution >= 4 is 59.5 Å². The first-order valence-electron chi connectivity index (χ1n) is 25.0. The number of para-hydroxylation sites is 1. The van der Waals surface area contributed by atoms with Gasteiger partial charge in [0, 0.05) is 5.41 Å². The van der Waals surface area contributed by atoms with Gasteiger partial charge in [0.25, 0.3) is 0 Å². The summed E-state index contributed by atoms with van der Waals surface area (Å²) in [6, 6.07) is 8.94. The molecule has 2 heterocycles. The Hall–Kier alpha value is -5.94. The lowest BCUT2D eigenvalue weighted by atomic mass is 9.66. The van der Waals surface area contributed by atoms with Crippen LogP contribution in [0.4, 0.5) is 0 Å². The predicted molar refractivity (Wildman–Crippen MR) is 256 cm³/mol. The topological polar surface area (TPSA) is 245 Å². The van der Waals surface area contributed by atoms with Crippen LogP contribution in [0.1, 0.15) is 127 Å². The number of carbonyl (C=O) groups is 10. The minimum absolute atomic E-state index is 0.0830. The molecule has 0 N–H and O–H groups in total. The van der Waals surface area contributed by atoms with Gasteiger partial charge in [-0.3, -0.25) is 47.9 Å². The molecule has 1 aromatic rings. The number of benzene rings is 1. The van der Waals surface area contributed by atoms with Crippen molar-refractivity contribution in [2.75, 3.05) is 33.0 Å². The van der Waals surface area contributed by atoms with Crippen LogP contribution in [-0.4, -0.2) is 98.6 Å². The molecule has 18 nitrogen and oxygen atoms in total. The van der Waals surface area contributed by atoms with Gasteiger partial charge >= 0.3 is 53.7 Å². The highest BCUT2D eigenvalue weighted by atomic mass is 16.6. The highest BCUT2D eigenvalue weighted by Crippen LogP contribution is 2.66. The molecule has 2 bridgehead atoms. The summed E-state index contributed by atoms with van der Waals surface area (Å²) < 4.78 is 42.1. The van der Waals surface area contributed by atoms with Crippen molar-refractivity contribution in [3.63, 3.8) is 0 Å². The van der Waals surface area contributed by atoms with Crippen molar-refractivity contribution in [2.45, 2.75) is 133 Å². The number of hydrogen-bond donors (Lipinski definition) is 0. The Labute approximate surface area is 422 Å². The Morgan fingerprint density at radius 1 is 0.750 bits per heavy atom. The monoisotopic (exact) mass is 1010 g/mol. The van der Waals surface area contributed by atoms with Crippen molar-refractivity contribution in [3.8, 4) is 5.75 Å². The van der Waals surface area contributed by atoms with Crippen molar-refractivity contribution < 1.29 is 85.8 Å². The molecule has 398 valence electrons. The van der Waals surface area contributed by atoms with E-state index >= 15 is 0 Å². The van der Waals surface area contributed by atoms with Crippen molar-refractivity contribution in [1.29, 1.82) is 0 Å². The number of esters is 9. The largest absolute Gasteiger partial charge is 0.490 e. The highest BCUT2D eigenvalue weighted by molar-refractivity contribution is 6.02. The summed E-state index contributed by atoms with van der Waals surface area (Å²) >= 11 is 0. The molecular formula is C54H74O18. The number of hydrogen-bond acceptors (Lipinski definition) is 18. The zero-order valence-corrected chi connectivity index (χ0v) is 43.5. The van der Waals surface area contributed by atoms with Gasteiger partial charge in [-0.1, -0.05) is 78.8 Å². The van der Waals surface area contributed by atoms with Crippen LogP contribution in [0, 0.1) is 63.6 Å². The van der Waals surface area contributed by atoms with E-state index in [0.29, 0.717) is 23.7 Å². The van der Waals surface area contributed by atoms with Crippen LogP contribution in [0.15, 0.2) is 42.5 Å². The van der Waals surface area contributed by atoms with Crippen LogP contribution in [0.25, 0.3) is 0 Å². The average Bonchev–Trinajstić information content (AvgIpc) is 3.91. The Balaban J connectivity index is 0.000000314. The average molecular weight is 1010 g/mol. The van der Waals surface area contributed by atoms with E-state index in [1.54, 1.807) is 45.0 Å². The standard InChI is InChI=1S/C27H34O11.C27H40O7/c1-5-19(23(30)36-14-12-34-18-10-8-7-9-11-18)21-22(25(32)38-24(21)31)27(4,6-2)26(33)37-15-13-35-20(29)16-17(3)28;1-8-18(23(29)33-20-13-17-9-10-27(20,7)26(17,5)6)22-19(24(30)34-25(22)31)12-16(4)14-32-21(28)11-15(2)3/h7-11,19,21-22H,5-6,12-16H2,1-4H3;16-20,22H,2,8-14H2,1,3-7H3. The first-order valence-corrected chi connectivity index (χ1v) is 25.0. The summed E-state index contributed by atoms with van der Waals surface area (Å²) in [7, 11) is 0. The maximum atomic E-state index is 13.3. The third-order valence-corrected chi connectivity index (χ3v) is 15.5. The van der Waals surface area contributed by atoms with Crippen molar-refractivity contribution in [1.82, 2.24) is 0 Å². The van der Waals surface area contributed by atoms with Crippen LogP contribution in [-0.2, 0) is 81.1 Å². The maximum absolute atomic E-state index is 13.3. The summed E-state index contributed by atoms with van der Waals surface area (Å²) in [6.07, 6.45) is 3.49. The Morgan fingerprint density at radius 3 is 1.90 bits per heavy atom. The predicted octanol–water partition coefficient (Wildman–Crippen LogP) is 7.05. The van der Waals surface area contributed by atoms with E-state index in [1.165, 1.54) is 13.8 Å². The fraction of sp³-hybridized carbons (Fsp3) is 0.667. The van der Waals surface area contributed by atoms with Gasteiger partial charge in [-0.25, -0.2) is 0 Å². The number of Topliss-reactive ketones (excluding diaryl/α,β-unsaturated/α-hetero) is 1. The van der Waals surface area contributed by atoms with Gasteiger partial charge in [-0.2, -0.15) is 0 Å². The second-order valence-corrected chi connectivity index (χ2v) is 20.7.